The van der Waals surface area contributed by atoms with Crippen molar-refractivity contribution < 1.29 is 0 Å². The van der Waals surface area contributed by atoms with E-state index in [4.69, 9.17) is 34.8 Å². The van der Waals surface area contributed by atoms with Gasteiger partial charge in [-0.2, -0.15) is 0 Å². The lowest BCUT2D eigenvalue weighted by molar-refractivity contribution is 0.518. The zero-order valence-corrected chi connectivity index (χ0v) is 14.0. The molecule has 2 aromatic rings. The van der Waals surface area contributed by atoms with Crippen molar-refractivity contribution in [1.29, 1.82) is 0 Å². The summed E-state index contributed by atoms with van der Waals surface area (Å²) in [5.74, 6) is 0. The third-order valence-electron chi connectivity index (χ3n) is 3.19. The first-order valence-electron chi connectivity index (χ1n) is 6.89. The Kier molecular flexibility index (Phi) is 6.31. The van der Waals surface area contributed by atoms with E-state index in [1.165, 1.54) is 0 Å². The summed E-state index contributed by atoms with van der Waals surface area (Å²) in [6, 6.07) is 9.48. The summed E-state index contributed by atoms with van der Waals surface area (Å²) in [5, 5.41) is 5.46. The highest BCUT2D eigenvalue weighted by Gasteiger charge is 2.15. The molecule has 0 amide bonds. The first-order valence-corrected chi connectivity index (χ1v) is 8.02. The maximum absolute atomic E-state index is 6.27. The van der Waals surface area contributed by atoms with E-state index in [0.29, 0.717) is 15.1 Å². The lowest BCUT2D eigenvalue weighted by Gasteiger charge is -2.19. The molecule has 1 heterocycles. The summed E-state index contributed by atoms with van der Waals surface area (Å²) in [6.45, 7) is 3.05. The van der Waals surface area contributed by atoms with Gasteiger partial charge < -0.3 is 5.32 Å². The van der Waals surface area contributed by atoms with E-state index in [1.54, 1.807) is 12.3 Å². The number of rotatable bonds is 6. The normalized spacial score (nSPS) is 12.4. The van der Waals surface area contributed by atoms with Gasteiger partial charge >= 0.3 is 0 Å². The molecule has 0 aliphatic rings. The van der Waals surface area contributed by atoms with Gasteiger partial charge in [-0.3, -0.25) is 4.98 Å². The third kappa shape index (κ3) is 4.86. The quantitative estimate of drug-likeness (QED) is 0.767. The van der Waals surface area contributed by atoms with Gasteiger partial charge in [-0.15, -0.1) is 0 Å². The predicted molar refractivity (Wildman–Crippen MR) is 90.4 cm³/mol. The number of aromatic nitrogens is 1. The van der Waals surface area contributed by atoms with Crippen molar-refractivity contribution in [3.8, 4) is 0 Å². The first kappa shape index (κ1) is 16.6. The lowest BCUT2D eigenvalue weighted by Crippen LogP contribution is -2.25. The predicted octanol–water partition coefficient (Wildman–Crippen LogP) is 5.33. The molecule has 21 heavy (non-hydrogen) atoms. The largest absolute Gasteiger partial charge is 0.308 e. The van der Waals surface area contributed by atoms with E-state index in [0.717, 1.165) is 30.6 Å². The lowest BCUT2D eigenvalue weighted by atomic mass is 10.0. The maximum Gasteiger partial charge on any atom is 0.0589 e. The molecule has 1 atom stereocenters. The molecule has 0 saturated carbocycles. The number of halogens is 3. The van der Waals surface area contributed by atoms with Crippen molar-refractivity contribution in [3.05, 3.63) is 62.9 Å². The van der Waals surface area contributed by atoms with Crippen LogP contribution >= 0.6 is 34.8 Å². The Morgan fingerprint density at radius 1 is 1.10 bits per heavy atom. The molecule has 0 bridgehead atoms. The molecule has 0 spiro atoms. The Morgan fingerprint density at radius 2 is 1.86 bits per heavy atom. The number of pyridine rings is 1. The summed E-state index contributed by atoms with van der Waals surface area (Å²) < 4.78 is 0. The molecular weight excluding hydrogens is 327 g/mol. The zero-order chi connectivity index (χ0) is 15.2. The van der Waals surface area contributed by atoms with Crippen molar-refractivity contribution in [1.82, 2.24) is 10.3 Å². The minimum Gasteiger partial charge on any atom is -0.308 e. The molecule has 2 rings (SSSR count). The molecule has 1 aromatic carbocycles. The van der Waals surface area contributed by atoms with E-state index in [1.807, 2.05) is 24.3 Å². The number of hydrogen-bond donors (Lipinski definition) is 1. The molecule has 1 N–H and O–H groups in total. The summed E-state index contributed by atoms with van der Waals surface area (Å²) in [5.41, 5.74) is 2.00. The number of benzene rings is 1. The minimum atomic E-state index is 0.0980. The minimum absolute atomic E-state index is 0.0980. The van der Waals surface area contributed by atoms with Gasteiger partial charge in [0.15, 0.2) is 0 Å². The highest BCUT2D eigenvalue weighted by molar-refractivity contribution is 6.35. The van der Waals surface area contributed by atoms with Crippen LogP contribution in [0.4, 0.5) is 0 Å². The maximum atomic E-state index is 6.27. The Labute approximate surface area is 140 Å². The fraction of sp³-hybridized carbons (Fsp3) is 0.312. The van der Waals surface area contributed by atoms with Crippen molar-refractivity contribution >= 4 is 34.8 Å². The first-order chi connectivity index (χ1) is 10.1. The van der Waals surface area contributed by atoms with E-state index >= 15 is 0 Å². The second kappa shape index (κ2) is 8.00. The van der Waals surface area contributed by atoms with Crippen LogP contribution in [-0.2, 0) is 6.42 Å². The molecule has 112 valence electrons. The molecule has 0 saturated heterocycles. The molecule has 0 radical (unpaired) electrons. The average molecular weight is 344 g/mol. The van der Waals surface area contributed by atoms with Crippen LogP contribution in [0, 0.1) is 0 Å². The van der Waals surface area contributed by atoms with Gasteiger partial charge in [0.1, 0.15) is 0 Å². The van der Waals surface area contributed by atoms with Crippen molar-refractivity contribution in [2.24, 2.45) is 0 Å². The SMILES string of the molecule is CCCNC(Cc1ccc(Cl)cc1Cl)c1ccc(Cl)cn1. The fourth-order valence-electron chi connectivity index (χ4n) is 2.10. The molecule has 0 fully saturated rings. The summed E-state index contributed by atoms with van der Waals surface area (Å²) in [4.78, 5) is 4.41. The van der Waals surface area contributed by atoms with Gasteiger partial charge in [-0.05, 0) is 49.2 Å². The topological polar surface area (TPSA) is 24.9 Å². The number of nitrogens with one attached hydrogen (secondary N) is 1. The summed E-state index contributed by atoms with van der Waals surface area (Å²) >= 11 is 18.1. The second-order valence-electron chi connectivity index (χ2n) is 4.85. The molecule has 5 heteroatoms. The highest BCUT2D eigenvalue weighted by Crippen LogP contribution is 2.26. The molecule has 1 aromatic heterocycles. The molecular formula is C16H17Cl3N2. The zero-order valence-electron chi connectivity index (χ0n) is 11.7. The van der Waals surface area contributed by atoms with Crippen molar-refractivity contribution in [2.75, 3.05) is 6.54 Å². The van der Waals surface area contributed by atoms with Crippen LogP contribution in [0.2, 0.25) is 15.1 Å². The van der Waals surface area contributed by atoms with Crippen LogP contribution in [0.3, 0.4) is 0 Å². The van der Waals surface area contributed by atoms with Crippen LogP contribution < -0.4 is 5.32 Å². The van der Waals surface area contributed by atoms with Gasteiger partial charge in [-0.25, -0.2) is 0 Å². The second-order valence-corrected chi connectivity index (χ2v) is 6.13. The highest BCUT2D eigenvalue weighted by atomic mass is 35.5. The Morgan fingerprint density at radius 3 is 2.48 bits per heavy atom. The van der Waals surface area contributed by atoms with Gasteiger partial charge in [0.2, 0.25) is 0 Å². The van der Waals surface area contributed by atoms with Gasteiger partial charge in [0.05, 0.1) is 16.8 Å². The Hall–Kier alpha value is -0.800. The van der Waals surface area contributed by atoms with E-state index in [9.17, 15) is 0 Å². The summed E-state index contributed by atoms with van der Waals surface area (Å²) in [7, 11) is 0. The van der Waals surface area contributed by atoms with Crippen molar-refractivity contribution in [2.45, 2.75) is 25.8 Å². The smallest absolute Gasteiger partial charge is 0.0589 e. The standard InChI is InChI=1S/C16H17Cl3N2/c1-2-7-20-16(15-6-5-13(18)10-21-15)8-11-3-4-12(17)9-14(11)19/h3-6,9-10,16,20H,2,7-8H2,1H3. The van der Waals surface area contributed by atoms with Crippen LogP contribution in [0.5, 0.6) is 0 Å². The molecule has 2 nitrogen and oxygen atoms in total. The molecule has 1 unspecified atom stereocenters. The van der Waals surface area contributed by atoms with Crippen LogP contribution in [0.25, 0.3) is 0 Å². The summed E-state index contributed by atoms with van der Waals surface area (Å²) in [6.07, 6.45) is 3.48. The number of nitrogens with zero attached hydrogens (tertiary/aromatic N) is 1. The van der Waals surface area contributed by atoms with E-state index in [-0.39, 0.29) is 6.04 Å². The van der Waals surface area contributed by atoms with Gasteiger partial charge in [-0.1, -0.05) is 47.8 Å². The van der Waals surface area contributed by atoms with Gasteiger partial charge in [0.25, 0.3) is 0 Å². The van der Waals surface area contributed by atoms with E-state index in [2.05, 4.69) is 17.2 Å². The molecule has 0 aliphatic carbocycles. The van der Waals surface area contributed by atoms with Crippen LogP contribution in [-0.4, -0.2) is 11.5 Å². The van der Waals surface area contributed by atoms with E-state index < -0.39 is 0 Å². The monoisotopic (exact) mass is 342 g/mol. The fourth-order valence-corrected chi connectivity index (χ4v) is 2.70. The van der Waals surface area contributed by atoms with Gasteiger partial charge in [0, 0.05) is 16.2 Å². The Balaban J connectivity index is 2.21. The van der Waals surface area contributed by atoms with Crippen LogP contribution in [0.1, 0.15) is 30.6 Å². The third-order valence-corrected chi connectivity index (χ3v) is 4.00. The van der Waals surface area contributed by atoms with Crippen LogP contribution in [0.15, 0.2) is 36.5 Å². The average Bonchev–Trinajstić information content (AvgIpc) is 2.46. The number of hydrogen-bond acceptors (Lipinski definition) is 2. The molecule has 0 aliphatic heterocycles. The Bertz CT molecular complexity index is 585. The van der Waals surface area contributed by atoms with Crippen molar-refractivity contribution in [3.63, 3.8) is 0 Å².